The summed E-state index contributed by atoms with van der Waals surface area (Å²) in [5, 5.41) is 7.63. The van der Waals surface area contributed by atoms with Crippen molar-refractivity contribution in [1.82, 2.24) is 5.32 Å². The molecule has 0 spiro atoms. The molecule has 0 heterocycles. The van der Waals surface area contributed by atoms with Crippen molar-refractivity contribution in [2.75, 3.05) is 6.54 Å². The molecular weight excluding hydrogens is 295 g/mol. The molecular formula is C14H21FN2O3S. The van der Waals surface area contributed by atoms with Crippen molar-refractivity contribution in [1.29, 1.82) is 0 Å². The summed E-state index contributed by atoms with van der Waals surface area (Å²) in [6, 6.07) is 3.09. The van der Waals surface area contributed by atoms with Gasteiger partial charge in [0.25, 0.3) is 5.91 Å². The molecule has 1 aromatic rings. The summed E-state index contributed by atoms with van der Waals surface area (Å²) in [5.41, 5.74) is -0.0571. The first-order valence-corrected chi connectivity index (χ1v) is 8.10. The van der Waals surface area contributed by atoms with E-state index in [4.69, 9.17) is 5.14 Å². The molecule has 0 aromatic heterocycles. The SMILES string of the molecule is CC(C)C(C)(C)CNC(=O)c1ccc(F)c(S(N)(=O)=O)c1. The van der Waals surface area contributed by atoms with Crippen LogP contribution < -0.4 is 10.5 Å². The molecule has 1 amide bonds. The maximum absolute atomic E-state index is 13.4. The van der Waals surface area contributed by atoms with Gasteiger partial charge in [-0.05, 0) is 29.5 Å². The molecule has 5 nitrogen and oxygen atoms in total. The lowest BCUT2D eigenvalue weighted by Gasteiger charge is -2.29. The molecule has 0 atom stereocenters. The van der Waals surface area contributed by atoms with E-state index in [0.29, 0.717) is 12.5 Å². The average molecular weight is 316 g/mol. The van der Waals surface area contributed by atoms with Crippen LogP contribution in [0, 0.1) is 17.2 Å². The fraction of sp³-hybridized carbons (Fsp3) is 0.500. The molecule has 0 radical (unpaired) electrons. The Labute approximate surface area is 124 Å². The minimum atomic E-state index is -4.20. The highest BCUT2D eigenvalue weighted by Gasteiger charge is 2.24. The molecule has 0 aliphatic carbocycles. The Hall–Kier alpha value is -1.47. The van der Waals surface area contributed by atoms with Crippen molar-refractivity contribution < 1.29 is 17.6 Å². The van der Waals surface area contributed by atoms with E-state index in [1.165, 1.54) is 6.07 Å². The minimum Gasteiger partial charge on any atom is -0.351 e. The molecule has 0 aliphatic heterocycles. The van der Waals surface area contributed by atoms with Gasteiger partial charge in [0.15, 0.2) is 0 Å². The summed E-state index contributed by atoms with van der Waals surface area (Å²) >= 11 is 0. The number of hydrogen-bond donors (Lipinski definition) is 2. The molecule has 0 saturated carbocycles. The van der Waals surface area contributed by atoms with Crippen molar-refractivity contribution in [3.63, 3.8) is 0 Å². The summed E-state index contributed by atoms with van der Waals surface area (Å²) in [5.74, 6) is -1.09. The number of primary sulfonamides is 1. The standard InChI is InChI=1S/C14H21FN2O3S/c1-9(2)14(3,4)8-17-13(18)10-5-6-11(15)12(7-10)21(16,19)20/h5-7,9H,8H2,1-4H3,(H,17,18)(H2,16,19,20). The number of nitrogens with one attached hydrogen (secondary N) is 1. The predicted octanol–water partition coefficient (Wildman–Crippen LogP) is 1.89. The summed E-state index contributed by atoms with van der Waals surface area (Å²) in [7, 11) is -4.20. The van der Waals surface area contributed by atoms with Gasteiger partial charge in [0.05, 0.1) is 0 Å². The molecule has 0 fully saturated rings. The van der Waals surface area contributed by atoms with E-state index in [9.17, 15) is 17.6 Å². The predicted molar refractivity (Wildman–Crippen MR) is 78.7 cm³/mol. The summed E-state index contributed by atoms with van der Waals surface area (Å²) in [6.45, 7) is 8.54. The van der Waals surface area contributed by atoms with E-state index in [0.717, 1.165) is 12.1 Å². The molecule has 21 heavy (non-hydrogen) atoms. The van der Waals surface area contributed by atoms with Crippen molar-refractivity contribution >= 4 is 15.9 Å². The molecule has 1 rings (SSSR count). The second kappa shape index (κ2) is 6.11. The molecule has 7 heteroatoms. The van der Waals surface area contributed by atoms with Gasteiger partial charge >= 0.3 is 0 Å². The molecule has 0 unspecified atom stereocenters. The Kier molecular flexibility index (Phi) is 5.11. The number of carbonyl (C=O) groups is 1. The molecule has 118 valence electrons. The first-order valence-electron chi connectivity index (χ1n) is 6.55. The highest BCUT2D eigenvalue weighted by Crippen LogP contribution is 2.25. The number of sulfonamides is 1. The maximum atomic E-state index is 13.4. The molecule has 1 aromatic carbocycles. The van der Waals surface area contributed by atoms with E-state index in [1.54, 1.807) is 0 Å². The van der Waals surface area contributed by atoms with E-state index >= 15 is 0 Å². The number of halogens is 1. The number of carbonyl (C=O) groups excluding carboxylic acids is 1. The Morgan fingerprint density at radius 2 is 1.95 bits per heavy atom. The smallest absolute Gasteiger partial charge is 0.251 e. The number of benzene rings is 1. The van der Waals surface area contributed by atoms with Crippen LogP contribution in [0.15, 0.2) is 23.1 Å². The Balaban J connectivity index is 2.95. The molecule has 3 N–H and O–H groups in total. The van der Waals surface area contributed by atoms with Crippen molar-refractivity contribution in [3.05, 3.63) is 29.6 Å². The normalized spacial score (nSPS) is 12.5. The summed E-state index contributed by atoms with van der Waals surface area (Å²) in [6.07, 6.45) is 0. The third kappa shape index (κ3) is 4.50. The number of rotatable bonds is 5. The van der Waals surface area contributed by atoms with Gasteiger partial charge in [-0.1, -0.05) is 27.7 Å². The highest BCUT2D eigenvalue weighted by molar-refractivity contribution is 7.89. The van der Waals surface area contributed by atoms with Gasteiger partial charge in [0.2, 0.25) is 10.0 Å². The van der Waals surface area contributed by atoms with E-state index in [1.807, 2.05) is 27.7 Å². The van der Waals surface area contributed by atoms with Gasteiger partial charge in [0, 0.05) is 12.1 Å². The van der Waals surface area contributed by atoms with Crippen molar-refractivity contribution in [2.24, 2.45) is 16.5 Å². The van der Waals surface area contributed by atoms with Crippen LogP contribution in [0.4, 0.5) is 4.39 Å². The highest BCUT2D eigenvalue weighted by atomic mass is 32.2. The zero-order chi connectivity index (χ0) is 16.4. The molecule has 0 saturated heterocycles. The molecule has 0 bridgehead atoms. The van der Waals surface area contributed by atoms with Crippen LogP contribution in [0.5, 0.6) is 0 Å². The van der Waals surface area contributed by atoms with E-state index in [-0.39, 0.29) is 11.0 Å². The van der Waals surface area contributed by atoms with Crippen LogP contribution in [0.3, 0.4) is 0 Å². The third-order valence-corrected chi connectivity index (χ3v) is 4.69. The third-order valence-electron chi connectivity index (χ3n) is 3.77. The van der Waals surface area contributed by atoms with Gasteiger partial charge in [-0.2, -0.15) is 0 Å². The Morgan fingerprint density at radius 3 is 2.43 bits per heavy atom. The van der Waals surface area contributed by atoms with Gasteiger partial charge in [0.1, 0.15) is 10.7 Å². The van der Waals surface area contributed by atoms with Crippen LogP contribution in [-0.4, -0.2) is 20.9 Å². The van der Waals surface area contributed by atoms with Gasteiger partial charge < -0.3 is 5.32 Å². The van der Waals surface area contributed by atoms with Crippen molar-refractivity contribution in [3.8, 4) is 0 Å². The van der Waals surface area contributed by atoms with Gasteiger partial charge in [-0.3, -0.25) is 4.79 Å². The largest absolute Gasteiger partial charge is 0.351 e. The zero-order valence-corrected chi connectivity index (χ0v) is 13.4. The monoisotopic (exact) mass is 316 g/mol. The topological polar surface area (TPSA) is 89.3 Å². The van der Waals surface area contributed by atoms with E-state index in [2.05, 4.69) is 5.32 Å². The second-order valence-electron chi connectivity index (χ2n) is 6.02. The lowest BCUT2D eigenvalue weighted by molar-refractivity contribution is 0.0924. The first-order chi connectivity index (χ1) is 9.45. The minimum absolute atomic E-state index is 0.0555. The summed E-state index contributed by atoms with van der Waals surface area (Å²) < 4.78 is 35.9. The average Bonchev–Trinajstić information content (AvgIpc) is 2.35. The Bertz CT molecular complexity index is 640. The van der Waals surface area contributed by atoms with Crippen molar-refractivity contribution in [2.45, 2.75) is 32.6 Å². The van der Waals surface area contributed by atoms with Crippen LogP contribution in [0.2, 0.25) is 0 Å². The first kappa shape index (κ1) is 17.6. The lowest BCUT2D eigenvalue weighted by atomic mass is 9.81. The van der Waals surface area contributed by atoms with Gasteiger partial charge in [-0.25, -0.2) is 17.9 Å². The Morgan fingerprint density at radius 1 is 1.38 bits per heavy atom. The van der Waals surface area contributed by atoms with Crippen LogP contribution in [0.1, 0.15) is 38.1 Å². The number of amides is 1. The maximum Gasteiger partial charge on any atom is 0.251 e. The second-order valence-corrected chi connectivity index (χ2v) is 7.55. The fourth-order valence-electron chi connectivity index (χ4n) is 1.48. The van der Waals surface area contributed by atoms with E-state index < -0.39 is 26.6 Å². The summed E-state index contributed by atoms with van der Waals surface area (Å²) in [4.78, 5) is 11.4. The fourth-order valence-corrected chi connectivity index (χ4v) is 2.11. The van der Waals surface area contributed by atoms with Crippen LogP contribution in [-0.2, 0) is 10.0 Å². The number of hydrogen-bond acceptors (Lipinski definition) is 3. The number of nitrogens with two attached hydrogens (primary N) is 1. The quantitative estimate of drug-likeness (QED) is 0.869. The van der Waals surface area contributed by atoms with Crippen LogP contribution >= 0.6 is 0 Å². The lowest BCUT2D eigenvalue weighted by Crippen LogP contribution is -2.37. The van der Waals surface area contributed by atoms with Gasteiger partial charge in [-0.15, -0.1) is 0 Å². The zero-order valence-electron chi connectivity index (χ0n) is 12.6. The molecule has 0 aliphatic rings. The van der Waals surface area contributed by atoms with Crippen LogP contribution in [0.25, 0.3) is 0 Å².